The molecule has 1 aromatic carbocycles. The van der Waals surface area contributed by atoms with Crippen molar-refractivity contribution >= 4 is 23.2 Å². The van der Waals surface area contributed by atoms with Gasteiger partial charge in [-0.15, -0.1) is 0 Å². The maximum atomic E-state index is 6.21. The summed E-state index contributed by atoms with van der Waals surface area (Å²) in [6, 6.07) is 5.78. The Hall–Kier alpha value is -0.280. The molecule has 0 spiro atoms. The van der Waals surface area contributed by atoms with Crippen LogP contribution in [-0.2, 0) is 4.74 Å². The molecule has 1 atom stereocenters. The molecule has 0 saturated heterocycles. The topological polar surface area (TPSA) is 21.3 Å². The Labute approximate surface area is 113 Å². The fourth-order valence-corrected chi connectivity index (χ4v) is 2.08. The third kappa shape index (κ3) is 4.47. The van der Waals surface area contributed by atoms with Gasteiger partial charge in [0.1, 0.15) is 0 Å². The molecule has 1 aromatic rings. The molecule has 17 heavy (non-hydrogen) atoms. The van der Waals surface area contributed by atoms with Gasteiger partial charge in [-0.25, -0.2) is 0 Å². The standard InChI is InChI=1S/C13H19Cl2NO/c1-3-8-17-9-12(16-4-2)10-6-5-7-11(14)13(10)15/h5-7,12,16H,3-4,8-9H2,1-2H3. The maximum Gasteiger partial charge on any atom is 0.0662 e. The first kappa shape index (κ1) is 14.8. The lowest BCUT2D eigenvalue weighted by molar-refractivity contribution is 0.112. The van der Waals surface area contributed by atoms with Crippen LogP contribution in [0.15, 0.2) is 18.2 Å². The molecule has 1 N–H and O–H groups in total. The van der Waals surface area contributed by atoms with E-state index < -0.39 is 0 Å². The first-order chi connectivity index (χ1) is 8.20. The monoisotopic (exact) mass is 275 g/mol. The van der Waals surface area contributed by atoms with Gasteiger partial charge in [-0.1, -0.05) is 49.2 Å². The van der Waals surface area contributed by atoms with Gasteiger partial charge in [0.25, 0.3) is 0 Å². The number of rotatable bonds is 7. The summed E-state index contributed by atoms with van der Waals surface area (Å²) in [7, 11) is 0. The van der Waals surface area contributed by atoms with Gasteiger partial charge >= 0.3 is 0 Å². The van der Waals surface area contributed by atoms with E-state index in [2.05, 4.69) is 19.2 Å². The number of benzene rings is 1. The van der Waals surface area contributed by atoms with E-state index in [1.165, 1.54) is 0 Å². The van der Waals surface area contributed by atoms with Crippen LogP contribution in [0, 0.1) is 0 Å². The molecule has 2 nitrogen and oxygen atoms in total. The first-order valence-corrected chi connectivity index (χ1v) is 6.71. The average molecular weight is 276 g/mol. The van der Waals surface area contributed by atoms with Gasteiger partial charge in [-0.05, 0) is 24.6 Å². The zero-order valence-corrected chi connectivity index (χ0v) is 11.8. The van der Waals surface area contributed by atoms with E-state index in [1.54, 1.807) is 6.07 Å². The molecule has 0 fully saturated rings. The second-order valence-corrected chi connectivity index (χ2v) is 4.61. The van der Waals surface area contributed by atoms with Crippen molar-refractivity contribution in [2.45, 2.75) is 26.3 Å². The molecule has 0 aromatic heterocycles. The molecular weight excluding hydrogens is 257 g/mol. The second kappa shape index (κ2) is 7.93. The van der Waals surface area contributed by atoms with Crippen LogP contribution in [0.2, 0.25) is 10.0 Å². The Morgan fingerprint density at radius 3 is 2.71 bits per heavy atom. The quantitative estimate of drug-likeness (QED) is 0.758. The summed E-state index contributed by atoms with van der Waals surface area (Å²) in [5.74, 6) is 0. The number of ether oxygens (including phenoxy) is 1. The number of nitrogens with one attached hydrogen (secondary N) is 1. The lowest BCUT2D eigenvalue weighted by Crippen LogP contribution is -2.25. The molecule has 0 aliphatic heterocycles. The molecule has 1 unspecified atom stereocenters. The molecule has 96 valence electrons. The summed E-state index contributed by atoms with van der Waals surface area (Å²) in [4.78, 5) is 0. The highest BCUT2D eigenvalue weighted by Gasteiger charge is 2.15. The highest BCUT2D eigenvalue weighted by atomic mass is 35.5. The van der Waals surface area contributed by atoms with Crippen LogP contribution >= 0.6 is 23.2 Å². The van der Waals surface area contributed by atoms with Crippen molar-refractivity contribution in [3.05, 3.63) is 33.8 Å². The predicted molar refractivity (Wildman–Crippen MR) is 74.0 cm³/mol. The molecule has 0 bridgehead atoms. The Morgan fingerprint density at radius 2 is 2.06 bits per heavy atom. The molecule has 0 saturated carbocycles. The Kier molecular flexibility index (Phi) is 6.90. The smallest absolute Gasteiger partial charge is 0.0662 e. The zero-order valence-electron chi connectivity index (χ0n) is 10.3. The Bertz CT molecular complexity index is 344. The third-order valence-electron chi connectivity index (χ3n) is 2.44. The van der Waals surface area contributed by atoms with E-state index in [1.807, 2.05) is 12.1 Å². The summed E-state index contributed by atoms with van der Waals surface area (Å²) in [6.45, 7) is 6.39. The molecule has 0 amide bonds. The van der Waals surface area contributed by atoms with Crippen molar-refractivity contribution in [3.8, 4) is 0 Å². The van der Waals surface area contributed by atoms with E-state index in [0.29, 0.717) is 16.7 Å². The van der Waals surface area contributed by atoms with Crippen molar-refractivity contribution < 1.29 is 4.74 Å². The summed E-state index contributed by atoms with van der Waals surface area (Å²) in [5.41, 5.74) is 0.997. The molecule has 1 rings (SSSR count). The van der Waals surface area contributed by atoms with Crippen LogP contribution in [0.5, 0.6) is 0 Å². The van der Waals surface area contributed by atoms with Gasteiger partial charge in [0, 0.05) is 6.61 Å². The van der Waals surface area contributed by atoms with Crippen LogP contribution in [-0.4, -0.2) is 19.8 Å². The molecule has 0 radical (unpaired) electrons. The average Bonchev–Trinajstić information content (AvgIpc) is 2.32. The van der Waals surface area contributed by atoms with Crippen molar-refractivity contribution in [2.75, 3.05) is 19.8 Å². The van der Waals surface area contributed by atoms with Crippen LogP contribution in [0.3, 0.4) is 0 Å². The molecule has 0 heterocycles. The predicted octanol–water partition coefficient (Wildman–Crippen LogP) is 4.07. The van der Waals surface area contributed by atoms with Crippen molar-refractivity contribution in [1.82, 2.24) is 5.32 Å². The normalized spacial score (nSPS) is 12.7. The van der Waals surface area contributed by atoms with E-state index in [0.717, 1.165) is 25.1 Å². The number of halogens is 2. The van der Waals surface area contributed by atoms with Crippen LogP contribution in [0.1, 0.15) is 31.9 Å². The van der Waals surface area contributed by atoms with E-state index in [4.69, 9.17) is 27.9 Å². The lowest BCUT2D eigenvalue weighted by Gasteiger charge is -2.20. The maximum absolute atomic E-state index is 6.21. The van der Waals surface area contributed by atoms with Crippen LogP contribution in [0.25, 0.3) is 0 Å². The van der Waals surface area contributed by atoms with Crippen molar-refractivity contribution in [3.63, 3.8) is 0 Å². The van der Waals surface area contributed by atoms with E-state index >= 15 is 0 Å². The van der Waals surface area contributed by atoms with Gasteiger partial charge in [0.15, 0.2) is 0 Å². The lowest BCUT2D eigenvalue weighted by atomic mass is 10.1. The van der Waals surface area contributed by atoms with Gasteiger partial charge in [0.05, 0.1) is 22.7 Å². The largest absolute Gasteiger partial charge is 0.379 e. The van der Waals surface area contributed by atoms with Crippen molar-refractivity contribution in [2.24, 2.45) is 0 Å². The summed E-state index contributed by atoms with van der Waals surface area (Å²) < 4.78 is 5.58. The highest BCUT2D eigenvalue weighted by Crippen LogP contribution is 2.30. The third-order valence-corrected chi connectivity index (χ3v) is 3.27. The summed E-state index contributed by atoms with van der Waals surface area (Å²) in [6.07, 6.45) is 1.02. The van der Waals surface area contributed by atoms with E-state index in [9.17, 15) is 0 Å². The first-order valence-electron chi connectivity index (χ1n) is 5.95. The van der Waals surface area contributed by atoms with Crippen molar-refractivity contribution in [1.29, 1.82) is 0 Å². The highest BCUT2D eigenvalue weighted by molar-refractivity contribution is 6.42. The minimum Gasteiger partial charge on any atom is -0.379 e. The van der Waals surface area contributed by atoms with Gasteiger partial charge in [0.2, 0.25) is 0 Å². The second-order valence-electron chi connectivity index (χ2n) is 3.83. The number of hydrogen-bond donors (Lipinski definition) is 1. The molecule has 0 aliphatic carbocycles. The van der Waals surface area contributed by atoms with Crippen LogP contribution < -0.4 is 5.32 Å². The number of likely N-dealkylation sites (N-methyl/N-ethyl adjacent to an activating group) is 1. The van der Waals surface area contributed by atoms with Crippen LogP contribution in [0.4, 0.5) is 0 Å². The van der Waals surface area contributed by atoms with E-state index in [-0.39, 0.29) is 6.04 Å². The minimum atomic E-state index is 0.0951. The summed E-state index contributed by atoms with van der Waals surface area (Å²) in [5, 5.41) is 4.55. The van der Waals surface area contributed by atoms with Gasteiger partial charge in [-0.3, -0.25) is 0 Å². The Balaban J connectivity index is 2.77. The number of hydrogen-bond acceptors (Lipinski definition) is 2. The SMILES string of the molecule is CCCOCC(NCC)c1cccc(Cl)c1Cl. The Morgan fingerprint density at radius 1 is 1.29 bits per heavy atom. The van der Waals surface area contributed by atoms with Gasteiger partial charge in [-0.2, -0.15) is 0 Å². The molecular formula is C13H19Cl2NO. The van der Waals surface area contributed by atoms with Gasteiger partial charge < -0.3 is 10.1 Å². The molecule has 0 aliphatic rings. The fourth-order valence-electron chi connectivity index (χ4n) is 1.64. The molecule has 4 heteroatoms. The fraction of sp³-hybridized carbons (Fsp3) is 0.538. The minimum absolute atomic E-state index is 0.0951. The zero-order chi connectivity index (χ0) is 12.7. The summed E-state index contributed by atoms with van der Waals surface area (Å²) >= 11 is 12.2.